The molecule has 1 aliphatic heterocycles. The topological polar surface area (TPSA) is 62.6 Å². The van der Waals surface area contributed by atoms with Gasteiger partial charge in [0.1, 0.15) is 0 Å². The van der Waals surface area contributed by atoms with Gasteiger partial charge < -0.3 is 10.2 Å². The quantitative estimate of drug-likeness (QED) is 0.576. The summed E-state index contributed by atoms with van der Waals surface area (Å²) in [5.74, 6) is 0.474. The molecule has 0 aliphatic carbocycles. The molecule has 16 heavy (non-hydrogen) atoms. The van der Waals surface area contributed by atoms with Crippen molar-refractivity contribution in [1.82, 2.24) is 10.6 Å². The Kier molecular flexibility index (Phi) is 4.73. The predicted molar refractivity (Wildman–Crippen MR) is 61.2 cm³/mol. The number of quaternary nitrogens is 1. The lowest BCUT2D eigenvalue weighted by Crippen LogP contribution is -3.18. The highest BCUT2D eigenvalue weighted by molar-refractivity contribution is 5.96. The van der Waals surface area contributed by atoms with Crippen molar-refractivity contribution in [1.29, 1.82) is 0 Å². The normalized spacial score (nSPS) is 26.9. The monoisotopic (exact) mass is 228 g/mol. The lowest BCUT2D eigenvalue weighted by Gasteiger charge is -2.31. The van der Waals surface area contributed by atoms with Gasteiger partial charge in [0.15, 0.2) is 6.04 Å². The lowest BCUT2D eigenvalue weighted by molar-refractivity contribution is -0.922. The fraction of sp³-hybridized carbons (Fsp3) is 0.818. The minimum absolute atomic E-state index is 0.153. The smallest absolute Gasteiger partial charge is 0.321 e. The van der Waals surface area contributed by atoms with Crippen molar-refractivity contribution in [2.75, 3.05) is 20.1 Å². The van der Waals surface area contributed by atoms with E-state index in [-0.39, 0.29) is 11.9 Å². The first-order valence-electron chi connectivity index (χ1n) is 5.91. The summed E-state index contributed by atoms with van der Waals surface area (Å²) in [6, 6.07) is -0.582. The molecule has 3 amide bonds. The Labute approximate surface area is 96.6 Å². The lowest BCUT2D eigenvalue weighted by atomic mass is 9.99. The molecule has 5 heteroatoms. The highest BCUT2D eigenvalue weighted by Crippen LogP contribution is 2.05. The molecule has 1 rings (SSSR count). The van der Waals surface area contributed by atoms with Crippen LogP contribution in [0.2, 0.25) is 0 Å². The summed E-state index contributed by atoms with van der Waals surface area (Å²) in [7, 11) is 1.50. The first-order valence-corrected chi connectivity index (χ1v) is 5.91. The molecule has 1 heterocycles. The van der Waals surface area contributed by atoms with Gasteiger partial charge in [-0.05, 0) is 19.8 Å². The molecule has 0 aromatic heterocycles. The second-order valence-electron chi connectivity index (χ2n) is 4.65. The van der Waals surface area contributed by atoms with Crippen molar-refractivity contribution in [3.63, 3.8) is 0 Å². The molecular weight excluding hydrogens is 206 g/mol. The zero-order chi connectivity index (χ0) is 12.1. The van der Waals surface area contributed by atoms with Gasteiger partial charge in [0.2, 0.25) is 0 Å². The third-order valence-corrected chi connectivity index (χ3v) is 3.27. The SMILES string of the molecule is CNC(=O)NC(=O)[C@H](C)[NH+]1CCC[C@@H](C)C1. The van der Waals surface area contributed by atoms with Gasteiger partial charge in [-0.15, -0.1) is 0 Å². The first kappa shape index (κ1) is 13.0. The zero-order valence-electron chi connectivity index (χ0n) is 10.3. The summed E-state index contributed by atoms with van der Waals surface area (Å²) in [5.41, 5.74) is 0. The molecule has 0 saturated carbocycles. The maximum atomic E-state index is 11.7. The van der Waals surface area contributed by atoms with E-state index in [0.29, 0.717) is 5.92 Å². The van der Waals surface area contributed by atoms with E-state index in [1.165, 1.54) is 18.4 Å². The van der Waals surface area contributed by atoms with Gasteiger partial charge >= 0.3 is 6.03 Å². The molecule has 0 radical (unpaired) electrons. The van der Waals surface area contributed by atoms with Gasteiger partial charge in [-0.3, -0.25) is 10.1 Å². The molecule has 0 aromatic rings. The number of piperidine rings is 1. The highest BCUT2D eigenvalue weighted by atomic mass is 16.2. The van der Waals surface area contributed by atoms with Crippen LogP contribution in [0.1, 0.15) is 26.7 Å². The number of imide groups is 1. The summed E-state index contributed by atoms with van der Waals surface area (Å²) in [6.07, 6.45) is 2.40. The van der Waals surface area contributed by atoms with Crippen molar-refractivity contribution in [3.05, 3.63) is 0 Å². The van der Waals surface area contributed by atoms with E-state index >= 15 is 0 Å². The molecule has 1 aliphatic rings. The maximum absolute atomic E-state index is 11.7. The average Bonchev–Trinajstić information content (AvgIpc) is 2.27. The van der Waals surface area contributed by atoms with E-state index in [4.69, 9.17) is 0 Å². The number of rotatable bonds is 2. The summed E-state index contributed by atoms with van der Waals surface area (Å²) in [6.45, 7) is 6.13. The van der Waals surface area contributed by atoms with Crippen LogP contribution in [0.3, 0.4) is 0 Å². The Bertz CT molecular complexity index is 268. The largest absolute Gasteiger partial charge is 0.341 e. The van der Waals surface area contributed by atoms with E-state index in [9.17, 15) is 9.59 Å². The third-order valence-electron chi connectivity index (χ3n) is 3.27. The molecule has 3 N–H and O–H groups in total. The molecule has 1 fully saturated rings. The van der Waals surface area contributed by atoms with Gasteiger partial charge in [-0.1, -0.05) is 6.92 Å². The van der Waals surface area contributed by atoms with E-state index in [2.05, 4.69) is 17.6 Å². The third kappa shape index (κ3) is 3.48. The van der Waals surface area contributed by atoms with Gasteiger partial charge in [-0.2, -0.15) is 0 Å². The molecular formula is C11H22N3O2+. The van der Waals surface area contributed by atoms with Gasteiger partial charge in [0, 0.05) is 13.0 Å². The first-order chi connectivity index (χ1) is 7.54. The number of urea groups is 1. The second-order valence-corrected chi connectivity index (χ2v) is 4.65. The van der Waals surface area contributed by atoms with Crippen molar-refractivity contribution in [2.45, 2.75) is 32.7 Å². The van der Waals surface area contributed by atoms with Crippen LogP contribution in [-0.4, -0.2) is 38.1 Å². The Morgan fingerprint density at radius 2 is 2.12 bits per heavy atom. The number of nitrogens with one attached hydrogen (secondary N) is 3. The van der Waals surface area contributed by atoms with Gasteiger partial charge in [-0.25, -0.2) is 4.79 Å². The van der Waals surface area contributed by atoms with E-state index < -0.39 is 6.03 Å². The standard InChI is InChI=1S/C11H21N3O2/c1-8-5-4-6-14(7-8)9(2)10(15)13-11(16)12-3/h8-9H,4-7H2,1-3H3,(H2,12,13,15,16)/p+1/t8-,9+/m1/s1. The van der Waals surface area contributed by atoms with Crippen LogP contribution in [0.15, 0.2) is 0 Å². The molecule has 92 valence electrons. The molecule has 1 saturated heterocycles. The second kappa shape index (κ2) is 5.84. The number of hydrogen-bond acceptors (Lipinski definition) is 2. The molecule has 0 aromatic carbocycles. The summed E-state index contributed by atoms with van der Waals surface area (Å²) in [4.78, 5) is 24.0. The van der Waals surface area contributed by atoms with Crippen LogP contribution in [0.25, 0.3) is 0 Å². The average molecular weight is 228 g/mol. The Hall–Kier alpha value is -1.10. The van der Waals surface area contributed by atoms with E-state index in [0.717, 1.165) is 19.5 Å². The zero-order valence-corrected chi connectivity index (χ0v) is 10.3. The van der Waals surface area contributed by atoms with Crippen LogP contribution in [0.4, 0.5) is 4.79 Å². The predicted octanol–water partition coefficient (Wildman–Crippen LogP) is -0.855. The highest BCUT2D eigenvalue weighted by Gasteiger charge is 2.29. The molecule has 0 bridgehead atoms. The van der Waals surface area contributed by atoms with Crippen LogP contribution in [0.5, 0.6) is 0 Å². The van der Waals surface area contributed by atoms with E-state index in [1.807, 2.05) is 6.92 Å². The Morgan fingerprint density at radius 1 is 1.44 bits per heavy atom. The Balaban J connectivity index is 2.46. The molecule has 5 nitrogen and oxygen atoms in total. The van der Waals surface area contributed by atoms with E-state index in [1.54, 1.807) is 0 Å². The van der Waals surface area contributed by atoms with Crippen LogP contribution in [0, 0.1) is 5.92 Å². The molecule has 0 spiro atoms. The number of likely N-dealkylation sites (tertiary alicyclic amines) is 1. The number of carbonyl (C=O) groups excluding carboxylic acids is 2. The van der Waals surface area contributed by atoms with Crippen molar-refractivity contribution >= 4 is 11.9 Å². The van der Waals surface area contributed by atoms with Gasteiger partial charge in [0.25, 0.3) is 5.91 Å². The molecule has 3 atom stereocenters. The minimum atomic E-state index is -0.429. The summed E-state index contributed by atoms with van der Waals surface area (Å²) in [5, 5.41) is 4.71. The Morgan fingerprint density at radius 3 is 2.69 bits per heavy atom. The number of carbonyl (C=O) groups is 2. The van der Waals surface area contributed by atoms with Crippen LogP contribution in [-0.2, 0) is 4.79 Å². The van der Waals surface area contributed by atoms with Crippen LogP contribution < -0.4 is 15.5 Å². The summed E-state index contributed by atoms with van der Waals surface area (Å²) >= 11 is 0. The fourth-order valence-electron chi connectivity index (χ4n) is 2.19. The van der Waals surface area contributed by atoms with Crippen LogP contribution >= 0.6 is 0 Å². The van der Waals surface area contributed by atoms with Crippen molar-refractivity contribution in [2.24, 2.45) is 5.92 Å². The summed E-state index contributed by atoms with van der Waals surface area (Å²) < 4.78 is 0. The molecule has 1 unspecified atom stereocenters. The van der Waals surface area contributed by atoms with Gasteiger partial charge in [0.05, 0.1) is 13.1 Å². The van der Waals surface area contributed by atoms with Crippen molar-refractivity contribution < 1.29 is 14.5 Å². The number of amides is 3. The van der Waals surface area contributed by atoms with Crippen molar-refractivity contribution in [3.8, 4) is 0 Å². The maximum Gasteiger partial charge on any atom is 0.321 e. The minimum Gasteiger partial charge on any atom is -0.341 e. The number of hydrogen-bond donors (Lipinski definition) is 3. The fourth-order valence-corrected chi connectivity index (χ4v) is 2.19.